The first-order chi connectivity index (χ1) is 13.5. The summed E-state index contributed by atoms with van der Waals surface area (Å²) in [7, 11) is 1.99. The molecule has 1 aliphatic heterocycles. The van der Waals surface area contributed by atoms with Crippen LogP contribution in [-0.2, 0) is 0 Å². The molecule has 0 radical (unpaired) electrons. The van der Waals surface area contributed by atoms with Crippen LogP contribution in [0.2, 0.25) is 0 Å². The molecular weight excluding hydrogens is 358 g/mol. The second-order valence-corrected chi connectivity index (χ2v) is 6.74. The Bertz CT molecular complexity index is 1090. The number of aromatic nitrogens is 2. The first-order valence-corrected chi connectivity index (χ1v) is 8.98. The van der Waals surface area contributed by atoms with Gasteiger partial charge in [0.05, 0.1) is 22.3 Å². The van der Waals surface area contributed by atoms with Crippen LogP contribution in [0.4, 0.5) is 5.69 Å². The second kappa shape index (κ2) is 7.53. The van der Waals surface area contributed by atoms with Crippen LogP contribution in [0.3, 0.4) is 0 Å². The Balaban J connectivity index is 1.87. The maximum absolute atomic E-state index is 13.2. The van der Waals surface area contributed by atoms with Crippen molar-refractivity contribution in [2.75, 3.05) is 18.8 Å². The number of anilines is 1. The molecule has 3 aromatic rings. The molecule has 8 heteroatoms. The van der Waals surface area contributed by atoms with Gasteiger partial charge in [0.25, 0.3) is 5.56 Å². The minimum absolute atomic E-state index is 0.0246. The van der Waals surface area contributed by atoms with Gasteiger partial charge in [0.1, 0.15) is 5.82 Å². The van der Waals surface area contributed by atoms with Gasteiger partial charge < -0.3 is 0 Å². The third kappa shape index (κ3) is 3.54. The van der Waals surface area contributed by atoms with Gasteiger partial charge in [0.2, 0.25) is 0 Å². The molecule has 4 rings (SSSR count). The fourth-order valence-corrected chi connectivity index (χ4v) is 3.35. The predicted molar refractivity (Wildman–Crippen MR) is 107 cm³/mol. The number of benzene rings is 2. The number of hydrogen-bond acceptors (Lipinski definition) is 7. The van der Waals surface area contributed by atoms with E-state index in [1.807, 2.05) is 30.3 Å². The number of fused-ring (bicyclic) bond motifs is 1. The van der Waals surface area contributed by atoms with Crippen molar-refractivity contribution in [3.05, 3.63) is 70.8 Å². The average molecular weight is 379 g/mol. The molecule has 1 unspecified atom stereocenters. The topological polar surface area (TPSA) is 93.9 Å². The van der Waals surface area contributed by atoms with Gasteiger partial charge in [0.15, 0.2) is 0 Å². The van der Waals surface area contributed by atoms with E-state index in [-0.39, 0.29) is 22.5 Å². The summed E-state index contributed by atoms with van der Waals surface area (Å²) >= 11 is 0. The highest BCUT2D eigenvalue weighted by atomic mass is 16.8. The maximum atomic E-state index is 13.2. The largest absolute Gasteiger partial charge is 0.268 e. The second-order valence-electron chi connectivity index (χ2n) is 6.74. The standard InChI is InChI=1S/C20H21N5O3/c1-23-12-11-14(22-23)9-10-19-21-18-8-3-2-7-17(18)20(26)24(19)15-5-4-6-16(13-15)25(27)28/h2-10,13-14,22,27-28H,11-12H2,1H3/b10-9-. The van der Waals surface area contributed by atoms with Crippen LogP contribution in [0.25, 0.3) is 22.7 Å². The first kappa shape index (κ1) is 18.3. The minimum atomic E-state index is -0.221. The van der Waals surface area contributed by atoms with Gasteiger partial charge in [-0.2, -0.15) is 0 Å². The molecule has 8 nitrogen and oxygen atoms in total. The van der Waals surface area contributed by atoms with Crippen molar-refractivity contribution >= 4 is 22.7 Å². The van der Waals surface area contributed by atoms with Gasteiger partial charge in [-0.25, -0.2) is 15.4 Å². The van der Waals surface area contributed by atoms with E-state index in [9.17, 15) is 15.2 Å². The fraction of sp³-hybridized carbons (Fsp3) is 0.200. The zero-order valence-corrected chi connectivity index (χ0v) is 15.4. The average Bonchev–Trinajstić information content (AvgIpc) is 3.12. The quantitative estimate of drug-likeness (QED) is 0.598. The molecule has 28 heavy (non-hydrogen) atoms. The highest BCUT2D eigenvalue weighted by Gasteiger charge is 2.17. The van der Waals surface area contributed by atoms with E-state index >= 15 is 0 Å². The molecule has 1 saturated heterocycles. The Labute approximate surface area is 161 Å². The Kier molecular flexibility index (Phi) is 4.93. The van der Waals surface area contributed by atoms with Crippen LogP contribution >= 0.6 is 0 Å². The molecule has 3 N–H and O–H groups in total. The molecule has 1 aliphatic rings. The Hall–Kier alpha value is -3.04. The number of hydrazine groups is 1. The molecular formula is C20H21N5O3. The van der Waals surface area contributed by atoms with Crippen LogP contribution in [0.5, 0.6) is 0 Å². The number of nitrogens with one attached hydrogen (secondary N) is 1. The van der Waals surface area contributed by atoms with Crippen molar-refractivity contribution < 1.29 is 10.4 Å². The normalized spacial score (nSPS) is 17.6. The van der Waals surface area contributed by atoms with E-state index in [1.165, 1.54) is 16.7 Å². The molecule has 2 aromatic carbocycles. The summed E-state index contributed by atoms with van der Waals surface area (Å²) in [5.74, 6) is 0.472. The van der Waals surface area contributed by atoms with Gasteiger partial charge >= 0.3 is 0 Å². The first-order valence-electron chi connectivity index (χ1n) is 8.98. The van der Waals surface area contributed by atoms with Crippen LogP contribution in [0, 0.1) is 0 Å². The van der Waals surface area contributed by atoms with Crippen molar-refractivity contribution in [3.8, 4) is 5.69 Å². The van der Waals surface area contributed by atoms with Crippen LogP contribution in [0.15, 0.2) is 59.4 Å². The lowest BCUT2D eigenvalue weighted by molar-refractivity contribution is 0.0291. The SMILES string of the molecule is CN1CCC(/C=C\c2nc3ccccc3c(=O)n2-c2cccc(N(O)O)c2)N1. The fourth-order valence-electron chi connectivity index (χ4n) is 3.35. The zero-order valence-electron chi connectivity index (χ0n) is 15.4. The predicted octanol–water partition coefficient (Wildman–Crippen LogP) is 2.19. The lowest BCUT2D eigenvalue weighted by Crippen LogP contribution is -2.31. The molecule has 0 bridgehead atoms. The van der Waals surface area contributed by atoms with Crippen LogP contribution in [-0.4, -0.2) is 44.6 Å². The molecule has 0 aliphatic carbocycles. The van der Waals surface area contributed by atoms with E-state index in [1.54, 1.807) is 30.3 Å². The minimum Gasteiger partial charge on any atom is -0.268 e. The number of rotatable bonds is 4. The molecule has 1 atom stereocenters. The monoisotopic (exact) mass is 379 g/mol. The molecule has 1 fully saturated rings. The summed E-state index contributed by atoms with van der Waals surface area (Å²) in [5.41, 5.74) is 4.35. The van der Waals surface area contributed by atoms with Crippen LogP contribution < -0.4 is 16.2 Å². The highest BCUT2D eigenvalue weighted by Crippen LogP contribution is 2.19. The molecule has 144 valence electrons. The van der Waals surface area contributed by atoms with Gasteiger partial charge in [-0.05, 0) is 42.8 Å². The van der Waals surface area contributed by atoms with Gasteiger partial charge in [-0.1, -0.05) is 24.3 Å². The Morgan fingerprint density at radius 1 is 1.21 bits per heavy atom. The third-order valence-corrected chi connectivity index (χ3v) is 4.76. The number of hydrogen-bond donors (Lipinski definition) is 3. The summed E-state index contributed by atoms with van der Waals surface area (Å²) in [6, 6.07) is 13.7. The third-order valence-electron chi connectivity index (χ3n) is 4.76. The summed E-state index contributed by atoms with van der Waals surface area (Å²) in [4.78, 5) is 17.9. The molecule has 2 heterocycles. The van der Waals surface area contributed by atoms with Crippen molar-refractivity contribution in [3.63, 3.8) is 0 Å². The summed E-state index contributed by atoms with van der Waals surface area (Å²) < 4.78 is 1.48. The van der Waals surface area contributed by atoms with Gasteiger partial charge in [-0.15, -0.1) is 5.23 Å². The highest BCUT2D eigenvalue weighted by molar-refractivity contribution is 5.79. The zero-order chi connectivity index (χ0) is 19.7. The van der Waals surface area contributed by atoms with Crippen molar-refractivity contribution in [1.82, 2.24) is 20.0 Å². The summed E-state index contributed by atoms with van der Waals surface area (Å²) in [5, 5.41) is 21.2. The Morgan fingerprint density at radius 3 is 2.79 bits per heavy atom. The van der Waals surface area contributed by atoms with Gasteiger partial charge in [-0.3, -0.25) is 19.8 Å². The maximum Gasteiger partial charge on any atom is 0.266 e. The smallest absolute Gasteiger partial charge is 0.266 e. The summed E-state index contributed by atoms with van der Waals surface area (Å²) in [6.07, 6.45) is 4.78. The molecule has 0 spiro atoms. The van der Waals surface area contributed by atoms with Crippen molar-refractivity contribution in [2.24, 2.45) is 0 Å². The van der Waals surface area contributed by atoms with E-state index in [0.717, 1.165) is 13.0 Å². The van der Waals surface area contributed by atoms with Crippen molar-refractivity contribution in [2.45, 2.75) is 12.5 Å². The molecule has 1 aromatic heterocycles. The van der Waals surface area contributed by atoms with Crippen molar-refractivity contribution in [1.29, 1.82) is 0 Å². The van der Waals surface area contributed by atoms with E-state index in [2.05, 4.69) is 10.4 Å². The molecule has 0 saturated carbocycles. The van der Waals surface area contributed by atoms with Gasteiger partial charge in [0, 0.05) is 19.6 Å². The van der Waals surface area contributed by atoms with E-state index < -0.39 is 0 Å². The molecule has 0 amide bonds. The summed E-state index contributed by atoms with van der Waals surface area (Å²) in [6.45, 7) is 0.942. The van der Waals surface area contributed by atoms with E-state index in [0.29, 0.717) is 22.4 Å². The Morgan fingerprint density at radius 2 is 2.04 bits per heavy atom. The number of para-hydroxylation sites is 1. The van der Waals surface area contributed by atoms with E-state index in [4.69, 9.17) is 0 Å². The van der Waals surface area contributed by atoms with Crippen LogP contribution in [0.1, 0.15) is 12.2 Å². The number of nitrogens with zero attached hydrogens (tertiary/aromatic N) is 4. The lowest BCUT2D eigenvalue weighted by Gasteiger charge is -2.14. The lowest BCUT2D eigenvalue weighted by atomic mass is 10.2.